The predicted molar refractivity (Wildman–Crippen MR) is 73.6 cm³/mol. The Labute approximate surface area is 105 Å². The minimum atomic E-state index is 0.188. The third-order valence-electron chi connectivity index (χ3n) is 2.97. The molecule has 1 unspecified atom stereocenters. The van der Waals surface area contributed by atoms with Gasteiger partial charge in [-0.3, -0.25) is 0 Å². The van der Waals surface area contributed by atoms with Gasteiger partial charge in [-0.15, -0.1) is 0 Å². The van der Waals surface area contributed by atoms with Gasteiger partial charge in [0.2, 0.25) is 0 Å². The van der Waals surface area contributed by atoms with E-state index in [0.29, 0.717) is 19.1 Å². The van der Waals surface area contributed by atoms with Crippen LogP contribution in [-0.4, -0.2) is 13.2 Å². The molecule has 2 N–H and O–H groups in total. The van der Waals surface area contributed by atoms with Crippen molar-refractivity contribution >= 4 is 0 Å². The first-order valence-electron chi connectivity index (χ1n) is 6.28. The van der Waals surface area contributed by atoms with Crippen molar-refractivity contribution < 1.29 is 4.74 Å². The van der Waals surface area contributed by atoms with E-state index in [4.69, 9.17) is 10.5 Å². The summed E-state index contributed by atoms with van der Waals surface area (Å²) < 4.78 is 5.78. The molecule has 0 fully saturated rings. The van der Waals surface area contributed by atoms with E-state index in [0.717, 1.165) is 5.75 Å². The molecular formula is C15H25NO. The van der Waals surface area contributed by atoms with Crippen molar-refractivity contribution in [2.75, 3.05) is 13.2 Å². The molecule has 0 aliphatic heterocycles. The van der Waals surface area contributed by atoms with Crippen molar-refractivity contribution in [1.82, 2.24) is 0 Å². The minimum Gasteiger partial charge on any atom is -0.493 e. The molecule has 0 spiro atoms. The summed E-state index contributed by atoms with van der Waals surface area (Å²) in [6, 6.07) is 6.43. The third-order valence-corrected chi connectivity index (χ3v) is 2.97. The molecule has 0 radical (unpaired) electrons. The van der Waals surface area contributed by atoms with Crippen molar-refractivity contribution in [3.05, 3.63) is 29.3 Å². The fourth-order valence-electron chi connectivity index (χ4n) is 1.58. The number of hydrogen-bond acceptors (Lipinski definition) is 2. The van der Waals surface area contributed by atoms with Gasteiger partial charge >= 0.3 is 0 Å². The lowest BCUT2D eigenvalue weighted by Gasteiger charge is -2.21. The van der Waals surface area contributed by atoms with Crippen LogP contribution < -0.4 is 10.5 Å². The third kappa shape index (κ3) is 4.04. The summed E-state index contributed by atoms with van der Waals surface area (Å²) in [7, 11) is 0. The van der Waals surface area contributed by atoms with E-state index < -0.39 is 0 Å². The topological polar surface area (TPSA) is 35.2 Å². The van der Waals surface area contributed by atoms with Crippen LogP contribution in [0.5, 0.6) is 5.75 Å². The summed E-state index contributed by atoms with van der Waals surface area (Å²) in [5.74, 6) is 1.37. The first-order valence-corrected chi connectivity index (χ1v) is 6.28. The molecule has 0 heterocycles. The van der Waals surface area contributed by atoms with E-state index in [1.54, 1.807) is 0 Å². The highest BCUT2D eigenvalue weighted by molar-refractivity contribution is 5.38. The van der Waals surface area contributed by atoms with Gasteiger partial charge in [0.25, 0.3) is 0 Å². The Balaban J connectivity index is 2.77. The standard InChI is InChI=1S/C15H25NO/c1-11(9-16)10-17-14-7-6-13(8-12(14)2)15(3,4)5/h6-8,11H,9-10,16H2,1-5H3. The Kier molecular flexibility index (Phi) is 4.58. The molecule has 2 nitrogen and oxygen atoms in total. The van der Waals surface area contributed by atoms with Crippen LogP contribution >= 0.6 is 0 Å². The lowest BCUT2D eigenvalue weighted by atomic mass is 9.86. The molecule has 0 amide bonds. The zero-order valence-corrected chi connectivity index (χ0v) is 11.7. The second kappa shape index (κ2) is 5.54. The molecule has 96 valence electrons. The lowest BCUT2D eigenvalue weighted by molar-refractivity contribution is 0.262. The van der Waals surface area contributed by atoms with Crippen LogP contribution in [-0.2, 0) is 5.41 Å². The van der Waals surface area contributed by atoms with Gasteiger partial charge in [0, 0.05) is 5.92 Å². The van der Waals surface area contributed by atoms with Crippen LogP contribution in [0.4, 0.5) is 0 Å². The molecule has 2 heteroatoms. The van der Waals surface area contributed by atoms with Gasteiger partial charge in [-0.1, -0.05) is 39.8 Å². The fourth-order valence-corrected chi connectivity index (χ4v) is 1.58. The van der Waals surface area contributed by atoms with Crippen molar-refractivity contribution in [3.63, 3.8) is 0 Å². The van der Waals surface area contributed by atoms with Crippen molar-refractivity contribution in [1.29, 1.82) is 0 Å². The summed E-state index contributed by atoms with van der Waals surface area (Å²) >= 11 is 0. The zero-order valence-electron chi connectivity index (χ0n) is 11.7. The predicted octanol–water partition coefficient (Wildman–Crippen LogP) is 3.27. The molecule has 1 aromatic rings. The molecule has 0 saturated heterocycles. The first-order chi connectivity index (χ1) is 7.84. The van der Waals surface area contributed by atoms with Crippen LogP contribution in [0.1, 0.15) is 38.8 Å². The van der Waals surface area contributed by atoms with Gasteiger partial charge in [-0.2, -0.15) is 0 Å². The number of hydrogen-bond donors (Lipinski definition) is 1. The highest BCUT2D eigenvalue weighted by Crippen LogP contribution is 2.27. The van der Waals surface area contributed by atoms with Gasteiger partial charge in [-0.05, 0) is 36.1 Å². The maximum atomic E-state index is 5.78. The highest BCUT2D eigenvalue weighted by atomic mass is 16.5. The molecule has 1 rings (SSSR count). The normalized spacial score (nSPS) is 13.5. The van der Waals surface area contributed by atoms with E-state index in [-0.39, 0.29) is 5.41 Å². The van der Waals surface area contributed by atoms with Gasteiger partial charge in [0.15, 0.2) is 0 Å². The summed E-state index contributed by atoms with van der Waals surface area (Å²) in [6.45, 7) is 12.2. The van der Waals surface area contributed by atoms with Gasteiger partial charge in [-0.25, -0.2) is 0 Å². The van der Waals surface area contributed by atoms with E-state index in [1.807, 2.05) is 0 Å². The molecule has 17 heavy (non-hydrogen) atoms. The number of ether oxygens (including phenoxy) is 1. The molecule has 0 aromatic heterocycles. The minimum absolute atomic E-state index is 0.188. The number of benzene rings is 1. The van der Waals surface area contributed by atoms with Crippen LogP contribution in [0.15, 0.2) is 18.2 Å². The lowest BCUT2D eigenvalue weighted by Crippen LogP contribution is -2.18. The maximum absolute atomic E-state index is 5.78. The van der Waals surface area contributed by atoms with Crippen LogP contribution in [0.3, 0.4) is 0 Å². The smallest absolute Gasteiger partial charge is 0.122 e. The molecule has 0 bridgehead atoms. The largest absolute Gasteiger partial charge is 0.493 e. The second-order valence-electron chi connectivity index (χ2n) is 5.88. The highest BCUT2D eigenvalue weighted by Gasteiger charge is 2.14. The number of rotatable bonds is 4. The van der Waals surface area contributed by atoms with Crippen molar-refractivity contribution in [2.24, 2.45) is 11.7 Å². The summed E-state index contributed by atoms with van der Waals surface area (Å²) in [5, 5.41) is 0. The van der Waals surface area contributed by atoms with E-state index in [1.165, 1.54) is 11.1 Å². The Bertz CT molecular complexity index is 366. The molecule has 1 atom stereocenters. The zero-order chi connectivity index (χ0) is 13.1. The van der Waals surface area contributed by atoms with E-state index >= 15 is 0 Å². The van der Waals surface area contributed by atoms with Crippen molar-refractivity contribution in [3.8, 4) is 5.75 Å². The molecular weight excluding hydrogens is 210 g/mol. The fraction of sp³-hybridized carbons (Fsp3) is 0.600. The number of aryl methyl sites for hydroxylation is 1. The Hall–Kier alpha value is -1.02. The van der Waals surface area contributed by atoms with Gasteiger partial charge in [0.05, 0.1) is 6.61 Å². The SMILES string of the molecule is Cc1cc(C(C)(C)C)ccc1OCC(C)CN. The molecule has 0 saturated carbocycles. The molecule has 1 aromatic carbocycles. The maximum Gasteiger partial charge on any atom is 0.122 e. The molecule has 0 aliphatic carbocycles. The van der Waals surface area contributed by atoms with Gasteiger partial charge in [0.1, 0.15) is 5.75 Å². The quantitative estimate of drug-likeness (QED) is 0.869. The van der Waals surface area contributed by atoms with E-state index in [2.05, 4.69) is 52.8 Å². The second-order valence-corrected chi connectivity index (χ2v) is 5.88. The summed E-state index contributed by atoms with van der Waals surface area (Å²) in [5.41, 5.74) is 8.30. The number of nitrogens with two attached hydrogens (primary N) is 1. The molecule has 0 aliphatic rings. The Morgan fingerprint density at radius 3 is 2.41 bits per heavy atom. The summed E-state index contributed by atoms with van der Waals surface area (Å²) in [4.78, 5) is 0. The van der Waals surface area contributed by atoms with Crippen LogP contribution in [0.25, 0.3) is 0 Å². The van der Waals surface area contributed by atoms with Crippen LogP contribution in [0.2, 0.25) is 0 Å². The Morgan fingerprint density at radius 2 is 1.94 bits per heavy atom. The van der Waals surface area contributed by atoms with Crippen LogP contribution in [0, 0.1) is 12.8 Å². The average Bonchev–Trinajstić information content (AvgIpc) is 2.25. The Morgan fingerprint density at radius 1 is 1.29 bits per heavy atom. The first kappa shape index (κ1) is 14.0. The summed E-state index contributed by atoms with van der Waals surface area (Å²) in [6.07, 6.45) is 0. The van der Waals surface area contributed by atoms with Crippen molar-refractivity contribution in [2.45, 2.75) is 40.0 Å². The average molecular weight is 235 g/mol. The monoisotopic (exact) mass is 235 g/mol. The van der Waals surface area contributed by atoms with Gasteiger partial charge < -0.3 is 10.5 Å². The van der Waals surface area contributed by atoms with E-state index in [9.17, 15) is 0 Å².